The molecule has 3 heterocycles. The zero-order chi connectivity index (χ0) is 24.8. The summed E-state index contributed by atoms with van der Waals surface area (Å²) in [5.74, 6) is 0.493. The minimum absolute atomic E-state index is 0.100. The number of hydrogen-bond acceptors (Lipinski definition) is 6. The molecule has 2 aliphatic heterocycles. The Morgan fingerprint density at radius 3 is 2.39 bits per heavy atom. The molecule has 1 spiro atoms. The highest BCUT2D eigenvalue weighted by Crippen LogP contribution is 2.44. The van der Waals surface area contributed by atoms with Crippen LogP contribution in [0.15, 0.2) is 77.7 Å². The van der Waals surface area contributed by atoms with Crippen molar-refractivity contribution in [1.29, 1.82) is 0 Å². The molecule has 0 saturated carbocycles. The summed E-state index contributed by atoms with van der Waals surface area (Å²) in [6.45, 7) is 2.29. The van der Waals surface area contributed by atoms with Crippen molar-refractivity contribution in [3.05, 3.63) is 89.6 Å². The van der Waals surface area contributed by atoms with Crippen LogP contribution in [0.25, 0.3) is 6.08 Å². The molecule has 1 aliphatic carbocycles. The molecule has 8 heteroatoms. The zero-order valence-corrected chi connectivity index (χ0v) is 20.8. The first-order valence-corrected chi connectivity index (χ1v) is 14.0. The van der Waals surface area contributed by atoms with Crippen LogP contribution in [0.4, 0.5) is 5.82 Å². The smallest absolute Gasteiger partial charge is 0.274 e. The number of amides is 1. The predicted molar refractivity (Wildman–Crippen MR) is 139 cm³/mol. The number of aromatic nitrogens is 2. The lowest BCUT2D eigenvalue weighted by atomic mass is 9.74. The number of carbonyl (C=O) groups excluding carboxylic acids is 1. The van der Waals surface area contributed by atoms with E-state index in [4.69, 9.17) is 0 Å². The first-order valence-electron chi connectivity index (χ1n) is 12.4. The molecule has 7 nitrogen and oxygen atoms in total. The van der Waals surface area contributed by atoms with Crippen LogP contribution in [-0.4, -0.2) is 60.9 Å². The Morgan fingerprint density at radius 2 is 1.64 bits per heavy atom. The van der Waals surface area contributed by atoms with Crippen molar-refractivity contribution < 1.29 is 13.2 Å². The summed E-state index contributed by atoms with van der Waals surface area (Å²) in [5, 5.41) is 7.98. The van der Waals surface area contributed by atoms with Crippen LogP contribution < -0.4 is 4.90 Å². The van der Waals surface area contributed by atoms with Crippen LogP contribution in [0.2, 0.25) is 0 Å². The maximum atomic E-state index is 13.0. The SMILES string of the molecule is O=C(c1ccc(N2CCC3(C=Cc4ccccc43)CC2)nn1)N1CCC(S(=O)(=O)c2ccccc2)C1. The van der Waals surface area contributed by atoms with Crippen LogP contribution in [-0.2, 0) is 15.3 Å². The van der Waals surface area contributed by atoms with E-state index in [-0.39, 0.29) is 23.6 Å². The van der Waals surface area contributed by atoms with Gasteiger partial charge >= 0.3 is 0 Å². The summed E-state index contributed by atoms with van der Waals surface area (Å²) >= 11 is 0. The van der Waals surface area contributed by atoms with Crippen molar-refractivity contribution in [2.24, 2.45) is 0 Å². The Hall–Kier alpha value is -3.52. The second kappa shape index (κ2) is 8.85. The minimum Gasteiger partial charge on any atom is -0.355 e. The van der Waals surface area contributed by atoms with Gasteiger partial charge in [0.15, 0.2) is 21.3 Å². The highest BCUT2D eigenvalue weighted by Gasteiger charge is 2.39. The molecule has 6 rings (SSSR count). The average molecular weight is 501 g/mol. The van der Waals surface area contributed by atoms with Crippen LogP contribution in [0, 0.1) is 0 Å². The van der Waals surface area contributed by atoms with Crippen LogP contribution in [0.5, 0.6) is 0 Å². The molecule has 1 amide bonds. The monoisotopic (exact) mass is 500 g/mol. The average Bonchev–Trinajstić information content (AvgIpc) is 3.56. The van der Waals surface area contributed by atoms with E-state index in [1.165, 1.54) is 11.1 Å². The van der Waals surface area contributed by atoms with Crippen molar-refractivity contribution in [1.82, 2.24) is 15.1 Å². The highest BCUT2D eigenvalue weighted by atomic mass is 32.2. The summed E-state index contributed by atoms with van der Waals surface area (Å²) in [4.78, 5) is 17.1. The Kier molecular flexibility index (Phi) is 5.63. The Morgan fingerprint density at radius 1 is 0.889 bits per heavy atom. The number of fused-ring (bicyclic) bond motifs is 2. The third kappa shape index (κ3) is 3.89. The van der Waals surface area contributed by atoms with Gasteiger partial charge in [0.25, 0.3) is 5.91 Å². The number of nitrogens with zero attached hydrogens (tertiary/aromatic N) is 4. The van der Waals surface area contributed by atoms with Gasteiger partial charge in [0, 0.05) is 31.6 Å². The summed E-state index contributed by atoms with van der Waals surface area (Å²) in [6.07, 6.45) is 7.02. The zero-order valence-electron chi connectivity index (χ0n) is 20.0. The number of allylic oxidation sites excluding steroid dienone is 1. The van der Waals surface area contributed by atoms with Gasteiger partial charge in [-0.1, -0.05) is 54.6 Å². The standard InChI is InChI=1S/C28H28N4O3S/c33-27(32-17-13-23(20-32)36(34,35)22-7-2-1-3-8-22)25-10-11-26(30-29-25)31-18-15-28(16-19-31)14-12-21-6-4-5-9-24(21)28/h1-12,14,23H,13,15-20H2. The lowest BCUT2D eigenvalue weighted by molar-refractivity contribution is 0.0786. The fourth-order valence-electron chi connectivity index (χ4n) is 5.74. The number of sulfone groups is 1. The van der Waals surface area contributed by atoms with E-state index in [0.717, 1.165) is 31.7 Å². The Bertz CT molecular complexity index is 1410. The number of rotatable bonds is 4. The van der Waals surface area contributed by atoms with E-state index in [0.29, 0.717) is 17.9 Å². The summed E-state index contributed by atoms with van der Waals surface area (Å²) in [7, 11) is -3.48. The second-order valence-electron chi connectivity index (χ2n) is 9.86. The molecule has 1 unspecified atom stereocenters. The van der Waals surface area contributed by atoms with Gasteiger partial charge in [-0.2, -0.15) is 0 Å². The summed E-state index contributed by atoms with van der Waals surface area (Å²) in [6, 6.07) is 20.6. The molecule has 2 aromatic carbocycles. The molecule has 3 aromatic rings. The lowest BCUT2D eigenvalue weighted by Gasteiger charge is -2.39. The van der Waals surface area contributed by atoms with E-state index < -0.39 is 15.1 Å². The topological polar surface area (TPSA) is 83.5 Å². The van der Waals surface area contributed by atoms with Gasteiger partial charge in [0.05, 0.1) is 10.1 Å². The third-order valence-corrected chi connectivity index (χ3v) is 10.1. The maximum absolute atomic E-state index is 13.0. The van der Waals surface area contributed by atoms with Gasteiger partial charge in [-0.25, -0.2) is 8.42 Å². The Labute approximate surface area is 211 Å². The molecule has 36 heavy (non-hydrogen) atoms. The fraction of sp³-hybridized carbons (Fsp3) is 0.321. The van der Waals surface area contributed by atoms with Crippen LogP contribution in [0.1, 0.15) is 40.9 Å². The molecule has 184 valence electrons. The first-order chi connectivity index (χ1) is 17.5. The molecule has 1 aromatic heterocycles. The van der Waals surface area contributed by atoms with Crippen molar-refractivity contribution in [3.8, 4) is 0 Å². The van der Waals surface area contributed by atoms with Crippen LogP contribution in [0.3, 0.4) is 0 Å². The molecular formula is C28H28N4O3S. The van der Waals surface area contributed by atoms with Crippen molar-refractivity contribution in [2.45, 2.75) is 34.8 Å². The van der Waals surface area contributed by atoms with Gasteiger partial charge < -0.3 is 9.80 Å². The van der Waals surface area contributed by atoms with E-state index in [1.807, 2.05) is 6.07 Å². The number of anilines is 1. The molecular weight excluding hydrogens is 472 g/mol. The number of likely N-dealkylation sites (tertiary alicyclic amines) is 1. The van der Waals surface area contributed by atoms with Gasteiger partial charge in [-0.05, 0) is 54.7 Å². The number of piperidine rings is 1. The Balaban J connectivity index is 1.10. The fourth-order valence-corrected chi connectivity index (χ4v) is 7.46. The number of carbonyl (C=O) groups is 1. The molecule has 1 atom stereocenters. The van der Waals surface area contributed by atoms with E-state index >= 15 is 0 Å². The van der Waals surface area contributed by atoms with Gasteiger partial charge in [-0.3, -0.25) is 4.79 Å². The molecule has 2 fully saturated rings. The first kappa shape index (κ1) is 22.9. The summed E-state index contributed by atoms with van der Waals surface area (Å²) < 4.78 is 25.9. The van der Waals surface area contributed by atoms with Gasteiger partial charge in [0.2, 0.25) is 0 Å². The number of hydrogen-bond donors (Lipinski definition) is 0. The normalized spacial score (nSPS) is 20.6. The van der Waals surface area contributed by atoms with Crippen LogP contribution >= 0.6 is 0 Å². The lowest BCUT2D eigenvalue weighted by Crippen LogP contribution is -2.41. The van der Waals surface area contributed by atoms with E-state index in [9.17, 15) is 13.2 Å². The summed E-state index contributed by atoms with van der Waals surface area (Å²) in [5.41, 5.74) is 3.07. The molecule has 0 bridgehead atoms. The van der Waals surface area contributed by atoms with Gasteiger partial charge in [-0.15, -0.1) is 10.2 Å². The van der Waals surface area contributed by atoms with Crippen molar-refractivity contribution in [3.63, 3.8) is 0 Å². The van der Waals surface area contributed by atoms with Crippen molar-refractivity contribution in [2.75, 3.05) is 31.1 Å². The largest absolute Gasteiger partial charge is 0.355 e. The third-order valence-electron chi connectivity index (χ3n) is 7.87. The minimum atomic E-state index is -3.48. The molecule has 2 saturated heterocycles. The molecule has 0 radical (unpaired) electrons. The molecule has 0 N–H and O–H groups in total. The number of benzene rings is 2. The maximum Gasteiger partial charge on any atom is 0.274 e. The second-order valence-corrected chi connectivity index (χ2v) is 12.1. The highest BCUT2D eigenvalue weighted by molar-refractivity contribution is 7.92. The molecule has 3 aliphatic rings. The van der Waals surface area contributed by atoms with Crippen molar-refractivity contribution >= 4 is 27.6 Å². The van der Waals surface area contributed by atoms with Gasteiger partial charge in [0.1, 0.15) is 0 Å². The van der Waals surface area contributed by atoms with E-state index in [2.05, 4.69) is 51.5 Å². The quantitative estimate of drug-likeness (QED) is 0.543. The van der Waals surface area contributed by atoms with E-state index in [1.54, 1.807) is 41.3 Å². The predicted octanol–water partition coefficient (Wildman–Crippen LogP) is 3.73.